The van der Waals surface area contributed by atoms with E-state index in [9.17, 15) is 0 Å². The molecular formula is C5H9NO6S3. The molecular weight excluding hydrogens is 266 g/mol. The minimum atomic E-state index is -2.61. The van der Waals surface area contributed by atoms with Crippen molar-refractivity contribution in [2.45, 2.75) is 5.03 Å². The average molecular weight is 275 g/mol. The second-order valence-electron chi connectivity index (χ2n) is 1.65. The van der Waals surface area contributed by atoms with Gasteiger partial charge in [0.2, 0.25) is 0 Å². The van der Waals surface area contributed by atoms with Gasteiger partial charge in [-0.2, -0.15) is 8.42 Å². The van der Waals surface area contributed by atoms with Gasteiger partial charge in [-0.05, 0) is 12.1 Å². The summed E-state index contributed by atoms with van der Waals surface area (Å²) in [7, 11) is 0. The Morgan fingerprint density at radius 2 is 1.47 bits per heavy atom. The first-order valence-electron chi connectivity index (χ1n) is 3.06. The third-order valence-electron chi connectivity index (χ3n) is 0.649. The van der Waals surface area contributed by atoms with Gasteiger partial charge in [0.05, 0.1) is 5.03 Å². The maximum atomic E-state index is 8.67. The highest BCUT2D eigenvalue weighted by Crippen LogP contribution is 1.95. The highest BCUT2D eigenvalue weighted by Gasteiger charge is 1.74. The first-order valence-corrected chi connectivity index (χ1v) is 5.63. The van der Waals surface area contributed by atoms with E-state index in [0.29, 0.717) is 0 Å². The highest BCUT2D eigenvalue weighted by atomic mass is 32.2. The fraction of sp³-hybridized carbons (Fsp3) is 0. The van der Waals surface area contributed by atoms with Crippen LogP contribution >= 0.6 is 12.6 Å². The lowest BCUT2D eigenvalue weighted by Crippen LogP contribution is -1.74. The Morgan fingerprint density at radius 3 is 1.60 bits per heavy atom. The van der Waals surface area contributed by atoms with E-state index in [2.05, 4.69) is 17.6 Å². The summed E-state index contributed by atoms with van der Waals surface area (Å²) in [5.41, 5.74) is 0. The van der Waals surface area contributed by atoms with Crippen LogP contribution in [0.4, 0.5) is 0 Å². The summed E-state index contributed by atoms with van der Waals surface area (Å²) >= 11 is -1.25. The number of hydrogen-bond acceptors (Lipinski definition) is 4. The zero-order valence-corrected chi connectivity index (χ0v) is 9.65. The molecule has 0 radical (unpaired) electrons. The van der Waals surface area contributed by atoms with E-state index in [0.717, 1.165) is 5.03 Å². The normalized spacial score (nSPS) is 8.73. The Kier molecular flexibility index (Phi) is 13.3. The molecule has 0 bridgehead atoms. The molecule has 1 aromatic heterocycles. The maximum Gasteiger partial charge on any atom is 0.299 e. The molecule has 0 aliphatic carbocycles. The summed E-state index contributed by atoms with van der Waals surface area (Å²) in [6.07, 6.45) is 1.71. The molecule has 1 aromatic rings. The Morgan fingerprint density at radius 1 is 1.07 bits per heavy atom. The molecule has 7 nitrogen and oxygen atoms in total. The Hall–Kier alpha value is -0.360. The van der Waals surface area contributed by atoms with E-state index in [-0.39, 0.29) is 0 Å². The lowest BCUT2D eigenvalue weighted by Gasteiger charge is -1.81. The van der Waals surface area contributed by atoms with Crippen LogP contribution in [-0.2, 0) is 22.7 Å². The van der Waals surface area contributed by atoms with Crippen LogP contribution in [0.5, 0.6) is 0 Å². The predicted molar refractivity (Wildman–Crippen MR) is 58.3 cm³/mol. The van der Waals surface area contributed by atoms with E-state index in [1.54, 1.807) is 6.20 Å². The number of pyridine rings is 1. The number of hydrogen-bond donors (Lipinski definition) is 5. The molecule has 0 saturated heterocycles. The lowest BCUT2D eigenvalue weighted by atomic mass is 10.5. The summed E-state index contributed by atoms with van der Waals surface area (Å²) in [5, 5.41) is 0.766. The summed E-state index contributed by atoms with van der Waals surface area (Å²) < 4.78 is 45.7. The van der Waals surface area contributed by atoms with Gasteiger partial charge >= 0.3 is 0 Å². The number of nitrogens with zero attached hydrogens (tertiary/aromatic N) is 1. The van der Waals surface area contributed by atoms with Crippen LogP contribution in [0.3, 0.4) is 0 Å². The summed E-state index contributed by atoms with van der Waals surface area (Å²) in [4.78, 5) is 3.84. The molecule has 0 aliphatic heterocycles. The largest absolute Gasteiger partial charge is 0.299 e. The minimum Gasteiger partial charge on any atom is -0.284 e. The zero-order chi connectivity index (χ0) is 12.3. The van der Waals surface area contributed by atoms with Crippen molar-refractivity contribution in [3.63, 3.8) is 0 Å². The molecule has 0 saturated carbocycles. The van der Waals surface area contributed by atoms with Crippen molar-refractivity contribution in [2.24, 2.45) is 0 Å². The van der Waals surface area contributed by atoms with Crippen molar-refractivity contribution < 1.29 is 26.6 Å². The molecule has 4 N–H and O–H groups in total. The second kappa shape index (κ2) is 11.7. The zero-order valence-electron chi connectivity index (χ0n) is 7.13. The lowest BCUT2D eigenvalue weighted by molar-refractivity contribution is 0.452. The van der Waals surface area contributed by atoms with Crippen LogP contribution in [0, 0.1) is 0 Å². The van der Waals surface area contributed by atoms with Gasteiger partial charge in [-0.15, -0.1) is 12.6 Å². The molecule has 15 heavy (non-hydrogen) atoms. The van der Waals surface area contributed by atoms with Gasteiger partial charge in [0.15, 0.2) is 0 Å². The fourth-order valence-electron chi connectivity index (χ4n) is 0.354. The standard InChI is InChI=1S/C5H5NS.2H2O3S/c7-5-3-1-2-4-6-5;2*1-4(2)3/h1-4H,(H,6,7);2*(H2,1,2,3). The van der Waals surface area contributed by atoms with Crippen molar-refractivity contribution in [1.82, 2.24) is 4.98 Å². The molecule has 1 rings (SSSR count). The molecule has 10 heteroatoms. The fourth-order valence-corrected chi connectivity index (χ4v) is 0.506. The summed E-state index contributed by atoms with van der Waals surface area (Å²) in [5.74, 6) is 0. The summed E-state index contributed by atoms with van der Waals surface area (Å²) in [6.45, 7) is 0. The number of thiol groups is 1. The Bertz CT molecular complexity index is 274. The molecule has 1 heterocycles. The molecule has 88 valence electrons. The predicted octanol–water partition coefficient (Wildman–Crippen LogP) is 0.733. The SMILES string of the molecule is O=S(O)O.O=S(O)O.Sc1ccccn1. The van der Waals surface area contributed by atoms with Crippen molar-refractivity contribution in [1.29, 1.82) is 0 Å². The minimum absolute atomic E-state index is 0.766. The maximum absolute atomic E-state index is 8.67. The smallest absolute Gasteiger partial charge is 0.284 e. The van der Waals surface area contributed by atoms with Crippen LogP contribution in [-0.4, -0.2) is 31.6 Å². The summed E-state index contributed by atoms with van der Waals surface area (Å²) in [6, 6.07) is 5.60. The molecule has 0 aliphatic rings. The topological polar surface area (TPSA) is 128 Å². The van der Waals surface area contributed by atoms with Crippen molar-refractivity contribution in [3.05, 3.63) is 24.4 Å². The van der Waals surface area contributed by atoms with E-state index in [4.69, 9.17) is 26.6 Å². The van der Waals surface area contributed by atoms with Crippen molar-refractivity contribution in [3.8, 4) is 0 Å². The van der Waals surface area contributed by atoms with Crippen LogP contribution in [0.2, 0.25) is 0 Å². The van der Waals surface area contributed by atoms with Gasteiger partial charge in [-0.3, -0.25) is 23.2 Å². The van der Waals surface area contributed by atoms with Crippen LogP contribution in [0.15, 0.2) is 29.4 Å². The van der Waals surface area contributed by atoms with Gasteiger partial charge < -0.3 is 0 Å². The van der Waals surface area contributed by atoms with E-state index < -0.39 is 22.7 Å². The van der Waals surface area contributed by atoms with Gasteiger partial charge in [0.25, 0.3) is 22.7 Å². The van der Waals surface area contributed by atoms with Gasteiger partial charge in [0, 0.05) is 6.20 Å². The third kappa shape index (κ3) is 31.7. The van der Waals surface area contributed by atoms with Crippen LogP contribution in [0.1, 0.15) is 0 Å². The molecule has 0 spiro atoms. The Balaban J connectivity index is 0. The van der Waals surface area contributed by atoms with Gasteiger partial charge in [-0.25, -0.2) is 0 Å². The first kappa shape index (κ1) is 17.0. The number of rotatable bonds is 0. The molecule has 0 fully saturated rings. The van der Waals surface area contributed by atoms with E-state index >= 15 is 0 Å². The third-order valence-corrected chi connectivity index (χ3v) is 0.914. The quantitative estimate of drug-likeness (QED) is 0.349. The molecule has 0 unspecified atom stereocenters. The monoisotopic (exact) mass is 275 g/mol. The van der Waals surface area contributed by atoms with Gasteiger partial charge in [0.1, 0.15) is 0 Å². The second-order valence-corrected chi connectivity index (χ2v) is 3.03. The van der Waals surface area contributed by atoms with E-state index in [1.165, 1.54) is 0 Å². The van der Waals surface area contributed by atoms with Crippen molar-refractivity contribution in [2.75, 3.05) is 0 Å². The van der Waals surface area contributed by atoms with Crippen molar-refractivity contribution >= 4 is 35.4 Å². The van der Waals surface area contributed by atoms with Gasteiger partial charge in [-0.1, -0.05) is 6.07 Å². The Labute approximate surface area is 96.6 Å². The molecule has 0 atom stereocenters. The molecule has 0 amide bonds. The van der Waals surface area contributed by atoms with Crippen LogP contribution < -0.4 is 0 Å². The number of aromatic nitrogens is 1. The van der Waals surface area contributed by atoms with Crippen LogP contribution in [0.25, 0.3) is 0 Å². The first-order chi connectivity index (χ1) is 6.86. The molecule has 0 aromatic carbocycles. The highest BCUT2D eigenvalue weighted by molar-refractivity contribution is 7.80. The average Bonchev–Trinajstić information content (AvgIpc) is 2.03. The van der Waals surface area contributed by atoms with E-state index in [1.807, 2.05) is 18.2 Å².